The van der Waals surface area contributed by atoms with Gasteiger partial charge in [0.2, 0.25) is 0 Å². The van der Waals surface area contributed by atoms with Gasteiger partial charge in [0.1, 0.15) is 0 Å². The van der Waals surface area contributed by atoms with Gasteiger partial charge in [-0.2, -0.15) is 0 Å². The molecule has 158 valence electrons. The first-order valence-electron chi connectivity index (χ1n) is 10.1. The zero-order valence-corrected chi connectivity index (χ0v) is 19.0. The van der Waals surface area contributed by atoms with E-state index in [-0.39, 0.29) is 11.6 Å². The Morgan fingerprint density at radius 3 is 1.47 bits per heavy atom. The van der Waals surface area contributed by atoms with Crippen LogP contribution in [0.2, 0.25) is 10.0 Å². The molecule has 2 aromatic rings. The molecule has 0 atom stereocenters. The van der Waals surface area contributed by atoms with Crippen LogP contribution in [0.5, 0.6) is 0 Å². The number of carbonyl (C=O) groups is 2. The lowest BCUT2D eigenvalue weighted by atomic mass is 10.1. The van der Waals surface area contributed by atoms with Gasteiger partial charge in [-0.05, 0) is 54.5 Å². The molecule has 0 aliphatic heterocycles. The van der Waals surface area contributed by atoms with Gasteiger partial charge in [0.25, 0.3) is 0 Å². The van der Waals surface area contributed by atoms with Crippen molar-refractivity contribution in [3.05, 3.63) is 81.9 Å². The van der Waals surface area contributed by atoms with Crippen LogP contribution >= 0.6 is 23.2 Å². The Kier molecular flexibility index (Phi) is 9.51. The van der Waals surface area contributed by atoms with E-state index in [0.29, 0.717) is 40.5 Å². The highest BCUT2D eigenvalue weighted by Crippen LogP contribution is 2.13. The van der Waals surface area contributed by atoms with Gasteiger partial charge in [-0.15, -0.1) is 0 Å². The second kappa shape index (κ2) is 11.8. The molecule has 0 aromatic heterocycles. The van der Waals surface area contributed by atoms with Crippen LogP contribution in [0.4, 0.5) is 0 Å². The number of benzene rings is 2. The Morgan fingerprint density at radius 1 is 0.767 bits per heavy atom. The molecule has 0 aliphatic carbocycles. The first-order valence-corrected chi connectivity index (χ1v) is 10.8. The van der Waals surface area contributed by atoms with Crippen molar-refractivity contribution >= 4 is 46.9 Å². The molecule has 0 N–H and O–H groups in total. The van der Waals surface area contributed by atoms with Crippen molar-refractivity contribution in [1.29, 1.82) is 0 Å². The Hall–Kier alpha value is -2.20. The summed E-state index contributed by atoms with van der Waals surface area (Å²) in [5.74, 6) is 0.161. The summed E-state index contributed by atoms with van der Waals surface area (Å²) in [4.78, 5) is 24.5. The lowest BCUT2D eigenvalue weighted by Gasteiger charge is -2.32. The molecule has 30 heavy (non-hydrogen) atoms. The summed E-state index contributed by atoms with van der Waals surface area (Å²) in [7, 11) is 2.09. The number of ketones is 2. The highest BCUT2D eigenvalue weighted by molar-refractivity contribution is 6.30. The second-order valence-corrected chi connectivity index (χ2v) is 8.46. The van der Waals surface area contributed by atoms with E-state index in [0.717, 1.165) is 17.7 Å². The van der Waals surface area contributed by atoms with Crippen LogP contribution in [0.15, 0.2) is 60.7 Å². The Morgan fingerprint density at radius 2 is 1.13 bits per heavy atom. The zero-order valence-electron chi connectivity index (χ0n) is 17.5. The van der Waals surface area contributed by atoms with Crippen molar-refractivity contribution in [1.82, 2.24) is 0 Å². The summed E-state index contributed by atoms with van der Waals surface area (Å²) in [5.41, 5.74) is 1.89. The molecule has 0 radical (unpaired) electrons. The number of halogens is 2. The molecule has 5 heteroatoms. The van der Waals surface area contributed by atoms with Gasteiger partial charge < -0.3 is 4.48 Å². The molecule has 0 unspecified atom stereocenters. The number of nitrogens with zero attached hydrogens (tertiary/aromatic N) is 1. The Balaban J connectivity index is 1.81. The first kappa shape index (κ1) is 24.1. The van der Waals surface area contributed by atoms with E-state index in [2.05, 4.69) is 14.0 Å². The SMILES string of the molecule is CC[N+](C)(CCC(=O)C=Cc1ccc(Cl)cc1)CCC(=O)C=Cc1ccc(Cl)cc1. The van der Waals surface area contributed by atoms with Crippen molar-refractivity contribution in [2.75, 3.05) is 26.7 Å². The van der Waals surface area contributed by atoms with Crippen LogP contribution < -0.4 is 0 Å². The first-order chi connectivity index (χ1) is 14.3. The van der Waals surface area contributed by atoms with Crippen LogP contribution in [-0.4, -0.2) is 42.7 Å². The van der Waals surface area contributed by atoms with Crippen LogP contribution in [0.25, 0.3) is 12.2 Å². The van der Waals surface area contributed by atoms with Crippen LogP contribution in [0, 0.1) is 0 Å². The monoisotopic (exact) mass is 444 g/mol. The van der Waals surface area contributed by atoms with E-state index >= 15 is 0 Å². The quantitative estimate of drug-likeness (QED) is 0.309. The highest BCUT2D eigenvalue weighted by atomic mass is 35.5. The van der Waals surface area contributed by atoms with E-state index < -0.39 is 0 Å². The third-order valence-corrected chi connectivity index (χ3v) is 5.73. The Labute approximate surface area is 189 Å². The molecule has 0 bridgehead atoms. The standard InChI is InChI=1S/C25H28Cl2NO2/c1-3-28(2,18-16-24(29)14-8-20-4-10-22(26)11-5-20)19-17-25(30)15-9-21-6-12-23(27)13-7-21/h4-15H,3,16-19H2,1-2H3/q+1. The molecule has 0 fully saturated rings. The van der Waals surface area contributed by atoms with Crippen molar-refractivity contribution in [2.45, 2.75) is 19.8 Å². The van der Waals surface area contributed by atoms with E-state index in [1.54, 1.807) is 48.6 Å². The molecular formula is C25H28Cl2NO2+. The maximum absolute atomic E-state index is 12.3. The maximum Gasteiger partial charge on any atom is 0.161 e. The van der Waals surface area contributed by atoms with Crippen LogP contribution in [0.1, 0.15) is 30.9 Å². The van der Waals surface area contributed by atoms with E-state index in [9.17, 15) is 9.59 Å². The molecule has 0 spiro atoms. The van der Waals surface area contributed by atoms with Crippen molar-refractivity contribution in [3.63, 3.8) is 0 Å². The minimum absolute atomic E-state index is 0.0803. The molecule has 0 saturated carbocycles. The van der Waals surface area contributed by atoms with Crippen LogP contribution in [0.3, 0.4) is 0 Å². The van der Waals surface area contributed by atoms with Crippen molar-refractivity contribution < 1.29 is 14.1 Å². The molecule has 2 aromatic carbocycles. The molecule has 0 saturated heterocycles. The van der Waals surface area contributed by atoms with Gasteiger partial charge in [0.05, 0.1) is 39.5 Å². The number of allylic oxidation sites excluding steroid dienone is 2. The number of quaternary nitrogens is 1. The molecule has 3 nitrogen and oxygen atoms in total. The summed E-state index contributed by atoms with van der Waals surface area (Å²) in [5, 5.41) is 1.35. The van der Waals surface area contributed by atoms with Crippen molar-refractivity contribution in [2.24, 2.45) is 0 Å². The Bertz CT molecular complexity index is 828. The second-order valence-electron chi connectivity index (χ2n) is 7.59. The summed E-state index contributed by atoms with van der Waals surface area (Å²) in [6.07, 6.45) is 7.74. The number of hydrogen-bond donors (Lipinski definition) is 0. The van der Waals surface area contributed by atoms with Gasteiger partial charge in [-0.25, -0.2) is 0 Å². The average Bonchev–Trinajstić information content (AvgIpc) is 2.75. The fourth-order valence-electron chi connectivity index (χ4n) is 2.88. The molecule has 0 amide bonds. The number of carbonyl (C=O) groups excluding carboxylic acids is 2. The smallest absolute Gasteiger partial charge is 0.161 e. The minimum atomic E-state index is 0.0803. The highest BCUT2D eigenvalue weighted by Gasteiger charge is 2.20. The predicted octanol–water partition coefficient (Wildman–Crippen LogP) is 6.10. The topological polar surface area (TPSA) is 34.1 Å². The molecule has 2 rings (SSSR count). The van der Waals surface area contributed by atoms with Gasteiger partial charge >= 0.3 is 0 Å². The summed E-state index contributed by atoms with van der Waals surface area (Å²) in [6, 6.07) is 14.7. The fraction of sp³-hybridized carbons (Fsp3) is 0.280. The fourth-order valence-corrected chi connectivity index (χ4v) is 3.13. The van der Waals surface area contributed by atoms with E-state index in [4.69, 9.17) is 23.2 Å². The normalized spacial score (nSPS) is 13.6. The molecule has 0 heterocycles. The van der Waals surface area contributed by atoms with Gasteiger partial charge in [0, 0.05) is 10.0 Å². The number of hydrogen-bond acceptors (Lipinski definition) is 2. The average molecular weight is 445 g/mol. The number of rotatable bonds is 11. The third-order valence-electron chi connectivity index (χ3n) is 5.22. The summed E-state index contributed by atoms with van der Waals surface area (Å²) in [6.45, 7) is 4.35. The van der Waals surface area contributed by atoms with Gasteiger partial charge in [0.15, 0.2) is 11.6 Å². The summed E-state index contributed by atoms with van der Waals surface area (Å²) < 4.78 is 0.682. The zero-order chi connectivity index (χ0) is 22.0. The van der Waals surface area contributed by atoms with Crippen molar-refractivity contribution in [3.8, 4) is 0 Å². The lowest BCUT2D eigenvalue weighted by molar-refractivity contribution is -0.906. The van der Waals surface area contributed by atoms with Gasteiger partial charge in [-0.1, -0.05) is 59.6 Å². The molecular weight excluding hydrogens is 417 g/mol. The lowest BCUT2D eigenvalue weighted by Crippen LogP contribution is -2.46. The van der Waals surface area contributed by atoms with Crippen LogP contribution in [-0.2, 0) is 9.59 Å². The predicted molar refractivity (Wildman–Crippen MR) is 127 cm³/mol. The minimum Gasteiger partial charge on any atom is -0.326 e. The molecule has 0 aliphatic rings. The van der Waals surface area contributed by atoms with E-state index in [1.165, 1.54) is 0 Å². The summed E-state index contributed by atoms with van der Waals surface area (Å²) >= 11 is 11.7. The third kappa shape index (κ3) is 8.66. The largest absolute Gasteiger partial charge is 0.326 e. The maximum atomic E-state index is 12.3. The van der Waals surface area contributed by atoms with Gasteiger partial charge in [-0.3, -0.25) is 9.59 Å². The van der Waals surface area contributed by atoms with E-state index in [1.807, 2.05) is 24.3 Å².